The third kappa shape index (κ3) is 4.93. The van der Waals surface area contributed by atoms with E-state index in [0.717, 1.165) is 18.4 Å². The second-order valence-corrected chi connectivity index (χ2v) is 10.8. The van der Waals surface area contributed by atoms with Gasteiger partial charge in [-0.05, 0) is 59.2 Å². The normalized spacial score (nSPS) is 18.2. The maximum atomic E-state index is 14.5. The van der Waals surface area contributed by atoms with Gasteiger partial charge in [-0.2, -0.15) is 4.68 Å². The summed E-state index contributed by atoms with van der Waals surface area (Å²) in [5.74, 6) is 0.367. The molecule has 2 aliphatic rings. The third-order valence-electron chi connectivity index (χ3n) is 5.90. The molecule has 3 aromatic rings. The number of rotatable bonds is 6. The Labute approximate surface area is 190 Å². The van der Waals surface area contributed by atoms with Crippen molar-refractivity contribution >= 4 is 21.4 Å². The molecule has 0 unspecified atom stereocenters. The van der Waals surface area contributed by atoms with E-state index >= 15 is 0 Å². The lowest BCUT2D eigenvalue weighted by Gasteiger charge is -2.26. The van der Waals surface area contributed by atoms with Gasteiger partial charge in [0.2, 0.25) is 0 Å². The molecule has 1 saturated heterocycles. The van der Waals surface area contributed by atoms with Crippen LogP contribution in [-0.4, -0.2) is 64.0 Å². The monoisotopic (exact) mass is 470 g/mol. The zero-order valence-electron chi connectivity index (χ0n) is 17.8. The van der Waals surface area contributed by atoms with Crippen molar-refractivity contribution in [3.8, 4) is 5.69 Å². The number of halogens is 1. The van der Waals surface area contributed by atoms with E-state index in [9.17, 15) is 17.6 Å². The molecule has 33 heavy (non-hydrogen) atoms. The zero-order chi connectivity index (χ0) is 23.0. The Morgan fingerprint density at radius 1 is 1.12 bits per heavy atom. The maximum Gasteiger partial charge on any atom is 0.255 e. The first kappa shape index (κ1) is 21.7. The summed E-state index contributed by atoms with van der Waals surface area (Å²) in [7, 11) is -2.94. The molecular formula is C22H23FN6O3S. The number of aromatic nitrogens is 4. The predicted octanol–water partition coefficient (Wildman–Crippen LogP) is 2.16. The average molecular weight is 471 g/mol. The van der Waals surface area contributed by atoms with E-state index in [2.05, 4.69) is 25.7 Å². The molecule has 0 atom stereocenters. The minimum atomic E-state index is -2.94. The Morgan fingerprint density at radius 2 is 1.91 bits per heavy atom. The van der Waals surface area contributed by atoms with Gasteiger partial charge in [-0.3, -0.25) is 9.69 Å². The summed E-state index contributed by atoms with van der Waals surface area (Å²) in [5.41, 5.74) is 2.00. The molecule has 2 fully saturated rings. The number of sulfone groups is 1. The Balaban J connectivity index is 1.30. The number of hydrogen-bond donors (Lipinski definition) is 1. The van der Waals surface area contributed by atoms with Crippen LogP contribution in [0.3, 0.4) is 0 Å². The molecule has 2 aromatic carbocycles. The SMILES string of the molecule is O=C(Nc1ccc(F)c(-n2nnnc2C2CC2)c1)c1cccc(CN2CCS(=O)(=O)CC2)c1. The first-order chi connectivity index (χ1) is 15.9. The van der Waals surface area contributed by atoms with Gasteiger partial charge in [0, 0.05) is 36.8 Å². The topological polar surface area (TPSA) is 110 Å². The quantitative estimate of drug-likeness (QED) is 0.588. The van der Waals surface area contributed by atoms with Gasteiger partial charge in [-0.25, -0.2) is 12.8 Å². The lowest BCUT2D eigenvalue weighted by molar-refractivity contribution is 0.102. The molecule has 0 spiro atoms. The van der Waals surface area contributed by atoms with Crippen LogP contribution in [0.5, 0.6) is 0 Å². The molecule has 2 heterocycles. The number of tetrazole rings is 1. The highest BCUT2D eigenvalue weighted by molar-refractivity contribution is 7.91. The fourth-order valence-electron chi connectivity index (χ4n) is 3.90. The largest absolute Gasteiger partial charge is 0.322 e. The molecule has 9 nitrogen and oxygen atoms in total. The third-order valence-corrected chi connectivity index (χ3v) is 7.51. The Hall–Kier alpha value is -3.18. The standard InChI is InChI=1S/C22H23FN6O3S/c23-19-7-6-18(13-20(19)29-21(16-4-5-16)25-26-27-29)24-22(30)17-3-1-2-15(12-17)14-28-8-10-33(31,32)11-9-28/h1-3,6-7,12-13,16H,4-5,8-11,14H2,(H,24,30). The van der Waals surface area contributed by atoms with Crippen LogP contribution in [0, 0.1) is 5.82 Å². The molecule has 1 aliphatic heterocycles. The van der Waals surface area contributed by atoms with Gasteiger partial charge in [-0.15, -0.1) is 5.10 Å². The van der Waals surface area contributed by atoms with Crippen molar-refractivity contribution in [3.63, 3.8) is 0 Å². The number of carbonyl (C=O) groups excluding carboxylic acids is 1. The number of amides is 1. The van der Waals surface area contributed by atoms with Crippen molar-refractivity contribution in [2.45, 2.75) is 25.3 Å². The van der Waals surface area contributed by atoms with Crippen LogP contribution in [-0.2, 0) is 16.4 Å². The van der Waals surface area contributed by atoms with Gasteiger partial charge in [0.25, 0.3) is 5.91 Å². The predicted molar refractivity (Wildman–Crippen MR) is 119 cm³/mol. The Bertz CT molecular complexity index is 1290. The van der Waals surface area contributed by atoms with E-state index in [1.54, 1.807) is 18.2 Å². The summed E-state index contributed by atoms with van der Waals surface area (Å²) >= 11 is 0. The minimum Gasteiger partial charge on any atom is -0.322 e. The van der Waals surface area contributed by atoms with Crippen LogP contribution in [0.15, 0.2) is 42.5 Å². The number of anilines is 1. The lowest BCUT2D eigenvalue weighted by atomic mass is 10.1. The molecule has 1 amide bonds. The summed E-state index contributed by atoms with van der Waals surface area (Å²) < 4.78 is 39.2. The molecule has 11 heteroatoms. The van der Waals surface area contributed by atoms with Crippen LogP contribution in [0.1, 0.15) is 40.5 Å². The molecule has 0 bridgehead atoms. The van der Waals surface area contributed by atoms with Crippen molar-refractivity contribution in [1.82, 2.24) is 25.1 Å². The molecule has 1 N–H and O–H groups in total. The molecule has 172 valence electrons. The number of hydrogen-bond acceptors (Lipinski definition) is 7. The fraction of sp³-hybridized carbons (Fsp3) is 0.364. The molecule has 1 aliphatic carbocycles. The fourth-order valence-corrected chi connectivity index (χ4v) is 5.17. The first-order valence-electron chi connectivity index (χ1n) is 10.8. The number of nitrogens with one attached hydrogen (secondary N) is 1. The van der Waals surface area contributed by atoms with Gasteiger partial charge in [0.15, 0.2) is 15.7 Å². The highest BCUT2D eigenvalue weighted by Crippen LogP contribution is 2.39. The van der Waals surface area contributed by atoms with E-state index in [0.29, 0.717) is 36.7 Å². The molecule has 5 rings (SSSR count). The van der Waals surface area contributed by atoms with Gasteiger partial charge in [0.05, 0.1) is 11.5 Å². The minimum absolute atomic E-state index is 0.157. The second-order valence-electron chi connectivity index (χ2n) is 8.47. The van der Waals surface area contributed by atoms with Crippen LogP contribution in [0.25, 0.3) is 5.69 Å². The Kier molecular flexibility index (Phi) is 5.67. The van der Waals surface area contributed by atoms with E-state index < -0.39 is 15.7 Å². The maximum absolute atomic E-state index is 14.5. The molecule has 0 radical (unpaired) electrons. The number of carbonyl (C=O) groups is 1. The summed E-state index contributed by atoms with van der Waals surface area (Å²) in [6.45, 7) is 1.54. The van der Waals surface area contributed by atoms with Gasteiger partial charge >= 0.3 is 0 Å². The van der Waals surface area contributed by atoms with Gasteiger partial charge < -0.3 is 5.32 Å². The van der Waals surface area contributed by atoms with Crippen molar-refractivity contribution in [1.29, 1.82) is 0 Å². The van der Waals surface area contributed by atoms with Crippen molar-refractivity contribution < 1.29 is 17.6 Å². The molecule has 1 aromatic heterocycles. The van der Waals surface area contributed by atoms with Crippen LogP contribution >= 0.6 is 0 Å². The first-order valence-corrected chi connectivity index (χ1v) is 12.6. The van der Waals surface area contributed by atoms with Crippen molar-refractivity contribution in [3.05, 3.63) is 65.2 Å². The van der Waals surface area contributed by atoms with E-state index in [4.69, 9.17) is 0 Å². The van der Waals surface area contributed by atoms with Crippen molar-refractivity contribution in [2.24, 2.45) is 0 Å². The summed E-state index contributed by atoms with van der Waals surface area (Å²) in [6.07, 6.45) is 1.95. The van der Waals surface area contributed by atoms with Crippen LogP contribution < -0.4 is 5.32 Å². The lowest BCUT2D eigenvalue weighted by Crippen LogP contribution is -2.39. The van der Waals surface area contributed by atoms with E-state index in [1.165, 1.54) is 22.9 Å². The average Bonchev–Trinajstić information content (AvgIpc) is 3.53. The Morgan fingerprint density at radius 3 is 2.67 bits per heavy atom. The summed E-state index contributed by atoms with van der Waals surface area (Å²) in [4.78, 5) is 14.9. The highest BCUT2D eigenvalue weighted by atomic mass is 32.2. The van der Waals surface area contributed by atoms with Crippen molar-refractivity contribution in [2.75, 3.05) is 29.9 Å². The smallest absolute Gasteiger partial charge is 0.255 e. The van der Waals surface area contributed by atoms with E-state index in [1.807, 2.05) is 6.07 Å². The van der Waals surface area contributed by atoms with Crippen LogP contribution in [0.2, 0.25) is 0 Å². The second kappa shape index (κ2) is 8.64. The molecular weight excluding hydrogens is 447 g/mol. The van der Waals surface area contributed by atoms with Crippen LogP contribution in [0.4, 0.5) is 10.1 Å². The summed E-state index contributed by atoms with van der Waals surface area (Å²) in [5, 5.41) is 14.4. The summed E-state index contributed by atoms with van der Waals surface area (Å²) in [6, 6.07) is 11.5. The van der Waals surface area contributed by atoms with Gasteiger partial charge in [-0.1, -0.05) is 12.1 Å². The zero-order valence-corrected chi connectivity index (χ0v) is 18.6. The molecule has 1 saturated carbocycles. The number of benzene rings is 2. The number of nitrogens with zero attached hydrogens (tertiary/aromatic N) is 5. The van der Waals surface area contributed by atoms with Gasteiger partial charge in [0.1, 0.15) is 11.5 Å². The van der Waals surface area contributed by atoms with E-state index in [-0.39, 0.29) is 29.0 Å². The highest BCUT2D eigenvalue weighted by Gasteiger charge is 2.30.